The molecule has 4 heterocycles. The quantitative estimate of drug-likeness (QED) is 0.174. The number of likely N-dealkylation sites (N-methyl/N-ethyl adjacent to an activating group) is 1. The van der Waals surface area contributed by atoms with E-state index in [1.807, 2.05) is 12.1 Å². The summed E-state index contributed by atoms with van der Waals surface area (Å²) in [6.45, 7) is 13.4. The first-order valence-electron chi connectivity index (χ1n) is 16.9. The molecule has 260 valence electrons. The Balaban J connectivity index is 1.19. The molecule has 2 saturated heterocycles. The van der Waals surface area contributed by atoms with Crippen molar-refractivity contribution in [2.45, 2.75) is 32.2 Å². The molecular weight excluding hydrogens is 657 g/mol. The highest BCUT2D eigenvalue weighted by atomic mass is 35.5. The molecule has 2 N–H and O–H groups in total. The number of aromatic nitrogens is 4. The van der Waals surface area contributed by atoms with E-state index in [4.69, 9.17) is 26.1 Å². The van der Waals surface area contributed by atoms with Gasteiger partial charge in [0.05, 0.1) is 26.1 Å². The van der Waals surface area contributed by atoms with Crippen molar-refractivity contribution in [2.24, 2.45) is 0 Å². The molecule has 0 amide bonds. The van der Waals surface area contributed by atoms with Crippen LogP contribution in [0.1, 0.15) is 25.3 Å². The SMILES string of the molecule is CCc1cc(Nc2ncc(Cl)c(Nc3ccc(-c4nccc(OC)n4)cc3P(C)C)n2)c(OC)cc1N1CCC(N2CCN(C)CC2)CC1. The van der Waals surface area contributed by atoms with Crippen molar-refractivity contribution < 1.29 is 9.47 Å². The van der Waals surface area contributed by atoms with Gasteiger partial charge in [-0.25, -0.2) is 9.97 Å². The Hall–Kier alpha value is -3.76. The molecule has 0 aliphatic carbocycles. The van der Waals surface area contributed by atoms with Crippen LogP contribution in [0.2, 0.25) is 5.02 Å². The second-order valence-electron chi connectivity index (χ2n) is 12.8. The summed E-state index contributed by atoms with van der Waals surface area (Å²) in [6, 6.07) is 12.9. The molecule has 4 aromatic rings. The minimum Gasteiger partial charge on any atom is -0.494 e. The van der Waals surface area contributed by atoms with Gasteiger partial charge in [-0.1, -0.05) is 26.4 Å². The highest BCUT2D eigenvalue weighted by Crippen LogP contribution is 2.38. The van der Waals surface area contributed by atoms with Crippen LogP contribution in [-0.2, 0) is 6.42 Å². The lowest BCUT2D eigenvalue weighted by molar-refractivity contribution is 0.0982. The maximum atomic E-state index is 6.64. The first kappa shape index (κ1) is 35.1. The van der Waals surface area contributed by atoms with E-state index in [1.165, 1.54) is 37.2 Å². The maximum Gasteiger partial charge on any atom is 0.229 e. The van der Waals surface area contributed by atoms with Crippen LogP contribution in [0.15, 0.2) is 48.8 Å². The average Bonchev–Trinajstić information content (AvgIpc) is 3.13. The highest BCUT2D eigenvalue weighted by Gasteiger charge is 2.28. The van der Waals surface area contributed by atoms with Gasteiger partial charge in [-0.05, 0) is 74.8 Å². The van der Waals surface area contributed by atoms with E-state index < -0.39 is 7.92 Å². The summed E-state index contributed by atoms with van der Waals surface area (Å²) in [6.07, 6.45) is 6.58. The van der Waals surface area contributed by atoms with Gasteiger partial charge in [-0.2, -0.15) is 9.97 Å². The topological polar surface area (TPSA) is 104 Å². The number of ether oxygens (including phenoxy) is 2. The molecule has 6 rings (SSSR count). The Morgan fingerprint density at radius 2 is 1.67 bits per heavy atom. The largest absolute Gasteiger partial charge is 0.494 e. The first-order valence-corrected chi connectivity index (χ1v) is 19.5. The molecule has 2 aliphatic rings. The lowest BCUT2D eigenvalue weighted by Gasteiger charge is -2.43. The molecule has 11 nitrogen and oxygen atoms in total. The van der Waals surface area contributed by atoms with E-state index in [2.05, 4.69) is 85.8 Å². The molecular formula is C36H47ClN9O2P. The molecule has 0 unspecified atom stereocenters. The van der Waals surface area contributed by atoms with Gasteiger partial charge >= 0.3 is 0 Å². The predicted octanol–water partition coefficient (Wildman–Crippen LogP) is 6.24. The number of nitrogens with one attached hydrogen (secondary N) is 2. The van der Waals surface area contributed by atoms with Crippen molar-refractivity contribution in [3.05, 3.63) is 59.4 Å². The second-order valence-corrected chi connectivity index (χ2v) is 15.5. The van der Waals surface area contributed by atoms with Crippen LogP contribution >= 0.6 is 19.5 Å². The van der Waals surface area contributed by atoms with Crippen LogP contribution in [0.25, 0.3) is 11.4 Å². The summed E-state index contributed by atoms with van der Waals surface area (Å²) in [7, 11) is 5.04. The number of piperazine rings is 1. The average molecular weight is 704 g/mol. The van der Waals surface area contributed by atoms with Crippen molar-refractivity contribution in [3.63, 3.8) is 0 Å². The van der Waals surface area contributed by atoms with Crippen LogP contribution in [0, 0.1) is 0 Å². The van der Waals surface area contributed by atoms with Gasteiger partial charge in [0.15, 0.2) is 11.6 Å². The maximum absolute atomic E-state index is 6.64. The van der Waals surface area contributed by atoms with Crippen molar-refractivity contribution >= 4 is 53.7 Å². The summed E-state index contributed by atoms with van der Waals surface area (Å²) < 4.78 is 11.2. The van der Waals surface area contributed by atoms with Gasteiger partial charge in [0.1, 0.15) is 10.8 Å². The fraction of sp³-hybridized carbons (Fsp3) is 0.444. The number of nitrogens with zero attached hydrogens (tertiary/aromatic N) is 7. The van der Waals surface area contributed by atoms with E-state index in [1.54, 1.807) is 32.7 Å². The molecule has 0 radical (unpaired) electrons. The molecule has 0 spiro atoms. The molecule has 0 atom stereocenters. The fourth-order valence-corrected chi connectivity index (χ4v) is 7.77. The van der Waals surface area contributed by atoms with Crippen molar-refractivity contribution in [3.8, 4) is 23.0 Å². The van der Waals surface area contributed by atoms with Crippen molar-refractivity contribution in [1.29, 1.82) is 0 Å². The van der Waals surface area contributed by atoms with Gasteiger partial charge in [0, 0.05) is 80.6 Å². The summed E-state index contributed by atoms with van der Waals surface area (Å²) in [5, 5.41) is 8.44. The Bertz CT molecular complexity index is 1740. The third kappa shape index (κ3) is 8.18. The van der Waals surface area contributed by atoms with Crippen LogP contribution in [-0.4, -0.2) is 110 Å². The molecule has 0 saturated carbocycles. The van der Waals surface area contributed by atoms with Crippen LogP contribution in [0.5, 0.6) is 11.6 Å². The molecule has 13 heteroatoms. The fourth-order valence-electron chi connectivity index (χ4n) is 6.62. The van der Waals surface area contributed by atoms with Crippen LogP contribution in [0.3, 0.4) is 0 Å². The number of rotatable bonds is 11. The van der Waals surface area contributed by atoms with Gasteiger partial charge in [-0.15, -0.1) is 0 Å². The third-order valence-corrected chi connectivity index (χ3v) is 11.1. The number of benzene rings is 2. The lowest BCUT2D eigenvalue weighted by atomic mass is 9.99. The molecule has 2 aromatic heterocycles. The van der Waals surface area contributed by atoms with Crippen molar-refractivity contribution in [2.75, 3.05) is 89.4 Å². The van der Waals surface area contributed by atoms with E-state index >= 15 is 0 Å². The third-order valence-electron chi connectivity index (χ3n) is 9.46. The van der Waals surface area contributed by atoms with Gasteiger partial charge in [0.25, 0.3) is 0 Å². The molecule has 2 aliphatic heterocycles. The number of aryl methyl sites for hydroxylation is 1. The van der Waals surface area contributed by atoms with Gasteiger partial charge < -0.3 is 29.9 Å². The number of hydrogen-bond donors (Lipinski definition) is 2. The first-order chi connectivity index (χ1) is 23.8. The molecule has 49 heavy (non-hydrogen) atoms. The zero-order valence-electron chi connectivity index (χ0n) is 29.3. The molecule has 2 fully saturated rings. The summed E-state index contributed by atoms with van der Waals surface area (Å²) in [5.74, 6) is 2.82. The zero-order valence-corrected chi connectivity index (χ0v) is 31.0. The number of hydrogen-bond acceptors (Lipinski definition) is 11. The van der Waals surface area contributed by atoms with E-state index in [9.17, 15) is 0 Å². The van der Waals surface area contributed by atoms with Crippen molar-refractivity contribution in [1.82, 2.24) is 29.7 Å². The van der Waals surface area contributed by atoms with Crippen LogP contribution < -0.4 is 30.3 Å². The van der Waals surface area contributed by atoms with E-state index in [0.29, 0.717) is 34.5 Å². The van der Waals surface area contributed by atoms with E-state index in [0.717, 1.165) is 60.6 Å². The highest BCUT2D eigenvalue weighted by molar-refractivity contribution is 7.64. The number of halogens is 1. The lowest BCUT2D eigenvalue weighted by Crippen LogP contribution is -2.52. The Morgan fingerprint density at radius 3 is 2.37 bits per heavy atom. The summed E-state index contributed by atoms with van der Waals surface area (Å²) >= 11 is 6.64. The normalized spacial score (nSPS) is 16.2. The Labute approximate surface area is 296 Å². The summed E-state index contributed by atoms with van der Waals surface area (Å²) in [4.78, 5) is 25.9. The minimum absolute atomic E-state index is 0.421. The zero-order chi connectivity index (χ0) is 34.5. The van der Waals surface area contributed by atoms with Crippen LogP contribution in [0.4, 0.5) is 28.8 Å². The summed E-state index contributed by atoms with van der Waals surface area (Å²) in [5.41, 5.74) is 5.15. The monoisotopic (exact) mass is 703 g/mol. The molecule has 0 bridgehead atoms. The van der Waals surface area contributed by atoms with Gasteiger partial charge in [-0.3, -0.25) is 4.90 Å². The standard InChI is InChI=1S/C36H47ClN9O2P/c1-7-24-20-29(31(47-3)22-30(24)46-14-11-26(12-15-46)45-18-16-44(2)17-19-45)41-36-39-23-27(37)35(43-36)40-28-9-8-25(21-32(28)49(5)6)34-38-13-10-33(42-34)48-4/h8-10,13,20-23,26H,7,11-12,14-19H2,1-6H3,(H2,39,40,41,43). The Morgan fingerprint density at radius 1 is 0.898 bits per heavy atom. The predicted molar refractivity (Wildman–Crippen MR) is 203 cm³/mol. The smallest absolute Gasteiger partial charge is 0.229 e. The second kappa shape index (κ2) is 15.9. The molecule has 2 aromatic carbocycles. The number of piperidine rings is 1. The van der Waals surface area contributed by atoms with E-state index in [-0.39, 0.29) is 0 Å². The number of anilines is 5. The minimum atomic E-state index is -0.493. The van der Waals surface area contributed by atoms with Gasteiger partial charge in [0.2, 0.25) is 11.8 Å². The Kier molecular flexibility index (Phi) is 11.3. The number of methoxy groups -OCH3 is 2.